The third-order valence-electron chi connectivity index (χ3n) is 4.61. The molecule has 3 aromatic heterocycles. The topological polar surface area (TPSA) is 146 Å². The third kappa shape index (κ3) is 3.45. The van der Waals surface area contributed by atoms with Crippen LogP contribution in [0.2, 0.25) is 0 Å². The molecule has 3 heterocycles. The summed E-state index contributed by atoms with van der Waals surface area (Å²) in [7, 11) is 1.77. The van der Waals surface area contributed by atoms with Crippen LogP contribution in [0.5, 0.6) is 5.75 Å². The van der Waals surface area contributed by atoms with E-state index in [9.17, 15) is 9.90 Å². The van der Waals surface area contributed by atoms with Gasteiger partial charge in [-0.1, -0.05) is 6.07 Å². The Morgan fingerprint density at radius 2 is 2.28 bits per heavy atom. The molecule has 0 saturated heterocycles. The molecule has 6 N–H and O–H groups in total. The van der Waals surface area contributed by atoms with Gasteiger partial charge in [0.25, 0.3) is 5.91 Å². The Hall–Kier alpha value is -3.66. The van der Waals surface area contributed by atoms with E-state index in [1.54, 1.807) is 29.9 Å². The molecule has 0 saturated carbocycles. The molecular weight excluding hydrogens is 390 g/mol. The summed E-state index contributed by atoms with van der Waals surface area (Å²) in [5.41, 5.74) is 9.26. The molecule has 29 heavy (non-hydrogen) atoms. The van der Waals surface area contributed by atoms with Gasteiger partial charge in [0.05, 0.1) is 10.4 Å². The van der Waals surface area contributed by atoms with Gasteiger partial charge in [-0.25, -0.2) is 4.98 Å². The number of aromatic nitrogens is 4. The van der Waals surface area contributed by atoms with Gasteiger partial charge < -0.3 is 26.1 Å². The third-order valence-corrected chi connectivity index (χ3v) is 5.69. The molecule has 0 aliphatic rings. The van der Waals surface area contributed by atoms with Gasteiger partial charge in [0.1, 0.15) is 16.5 Å². The fourth-order valence-corrected chi connectivity index (χ4v) is 4.30. The minimum absolute atomic E-state index is 0.00542. The van der Waals surface area contributed by atoms with Gasteiger partial charge in [0.15, 0.2) is 5.65 Å². The molecule has 1 aromatic carbocycles. The van der Waals surface area contributed by atoms with Gasteiger partial charge in [0, 0.05) is 43.7 Å². The second-order valence-corrected chi connectivity index (χ2v) is 7.64. The van der Waals surface area contributed by atoms with Crippen LogP contribution in [0.3, 0.4) is 0 Å². The first-order valence-electron chi connectivity index (χ1n) is 8.80. The van der Waals surface area contributed by atoms with E-state index in [4.69, 9.17) is 11.1 Å². The van der Waals surface area contributed by atoms with Crippen molar-refractivity contribution in [3.05, 3.63) is 58.0 Å². The number of benzene rings is 1. The van der Waals surface area contributed by atoms with Crippen molar-refractivity contribution >= 4 is 39.5 Å². The number of hydrogen-bond donors (Lipinski definition) is 5. The van der Waals surface area contributed by atoms with Crippen molar-refractivity contribution in [1.82, 2.24) is 25.1 Å². The summed E-state index contributed by atoms with van der Waals surface area (Å²) in [4.78, 5) is 17.5. The fourth-order valence-electron chi connectivity index (χ4n) is 3.16. The summed E-state index contributed by atoms with van der Waals surface area (Å²) in [6, 6.07) is 6.68. The Bertz CT molecular complexity index is 1210. The quantitative estimate of drug-likeness (QED) is 0.188. The summed E-state index contributed by atoms with van der Waals surface area (Å²) in [5.74, 6) is -0.302. The number of amides is 1. The van der Waals surface area contributed by atoms with Crippen LogP contribution in [-0.2, 0) is 20.0 Å². The van der Waals surface area contributed by atoms with E-state index in [1.165, 1.54) is 23.6 Å². The maximum Gasteiger partial charge on any atom is 0.268 e. The van der Waals surface area contributed by atoms with E-state index < -0.39 is 0 Å². The van der Waals surface area contributed by atoms with Gasteiger partial charge in [0.2, 0.25) is 0 Å². The maximum absolute atomic E-state index is 12.8. The van der Waals surface area contributed by atoms with Crippen LogP contribution in [0.15, 0.2) is 30.5 Å². The van der Waals surface area contributed by atoms with Crippen molar-refractivity contribution < 1.29 is 9.90 Å². The lowest BCUT2D eigenvalue weighted by molar-refractivity contribution is 0.0943. The number of aromatic amines is 1. The Balaban J connectivity index is 1.59. The largest absolute Gasteiger partial charge is 0.506 e. The number of thiazole rings is 1. The fraction of sp³-hybridized carbons (Fsp3) is 0.158. The van der Waals surface area contributed by atoms with Crippen LogP contribution in [0.1, 0.15) is 32.3 Å². The lowest BCUT2D eigenvalue weighted by Gasteiger charge is -2.09. The summed E-state index contributed by atoms with van der Waals surface area (Å²) < 4.78 is 2.51. The standard InChI is InChI=1S/C19H19N7O2S/c1-26-16(19(28)22-9-10-2-3-14(27)13(21)6-10)12(8-20)17-18(26)24-15(29-17)7-11-4-5-23-25-11/h2-6,8,20,27H,7,9,21H2,1H3,(H,22,28)(H,23,25). The van der Waals surface area contributed by atoms with Crippen LogP contribution in [-0.4, -0.2) is 37.0 Å². The number of rotatable bonds is 6. The minimum Gasteiger partial charge on any atom is -0.506 e. The summed E-state index contributed by atoms with van der Waals surface area (Å²) in [6.45, 7) is 0.248. The minimum atomic E-state index is -0.307. The number of nitrogens with two attached hydrogens (primary N) is 1. The highest BCUT2D eigenvalue weighted by Crippen LogP contribution is 2.30. The van der Waals surface area contributed by atoms with Crippen LogP contribution in [0.4, 0.5) is 5.69 Å². The zero-order valence-electron chi connectivity index (χ0n) is 15.6. The number of fused-ring (bicyclic) bond motifs is 1. The van der Waals surface area contributed by atoms with Crippen molar-refractivity contribution in [3.63, 3.8) is 0 Å². The van der Waals surface area contributed by atoms with E-state index in [2.05, 4.69) is 20.5 Å². The molecule has 1 amide bonds. The Kier molecular flexibility index (Phi) is 4.77. The number of anilines is 1. The molecule has 0 unspecified atom stereocenters. The SMILES string of the molecule is Cn1c(C(=O)NCc2ccc(O)c(N)c2)c(C=N)c2sc(Cc3ccn[nH]3)nc21. The smallest absolute Gasteiger partial charge is 0.268 e. The number of aromatic hydroxyl groups is 1. The molecule has 0 bridgehead atoms. The first kappa shape index (κ1) is 18.7. The van der Waals surface area contributed by atoms with Crippen molar-refractivity contribution in [2.24, 2.45) is 7.05 Å². The second-order valence-electron chi connectivity index (χ2n) is 6.56. The number of carbonyl (C=O) groups is 1. The number of carbonyl (C=O) groups excluding carboxylic acids is 1. The van der Waals surface area contributed by atoms with Gasteiger partial charge in [-0.15, -0.1) is 11.3 Å². The highest BCUT2D eigenvalue weighted by Gasteiger charge is 2.23. The molecule has 0 aliphatic carbocycles. The molecule has 4 rings (SSSR count). The van der Waals surface area contributed by atoms with E-state index >= 15 is 0 Å². The average molecular weight is 409 g/mol. The van der Waals surface area contributed by atoms with Crippen LogP contribution in [0, 0.1) is 5.41 Å². The van der Waals surface area contributed by atoms with Crippen LogP contribution in [0.25, 0.3) is 10.3 Å². The number of nitrogens with one attached hydrogen (secondary N) is 3. The number of phenols is 1. The lowest BCUT2D eigenvalue weighted by Crippen LogP contribution is -2.26. The summed E-state index contributed by atoms with van der Waals surface area (Å²) >= 11 is 1.46. The predicted octanol–water partition coefficient (Wildman–Crippen LogP) is 2.16. The molecule has 4 aromatic rings. The predicted molar refractivity (Wildman–Crippen MR) is 112 cm³/mol. The van der Waals surface area contributed by atoms with Gasteiger partial charge >= 0.3 is 0 Å². The van der Waals surface area contributed by atoms with E-state index in [0.717, 1.165) is 21.0 Å². The van der Waals surface area contributed by atoms with Gasteiger partial charge in [-0.2, -0.15) is 5.10 Å². The van der Waals surface area contributed by atoms with E-state index in [0.29, 0.717) is 23.3 Å². The Morgan fingerprint density at radius 3 is 2.97 bits per heavy atom. The molecule has 0 atom stereocenters. The Labute approximate surface area is 169 Å². The lowest BCUT2D eigenvalue weighted by atomic mass is 10.2. The van der Waals surface area contributed by atoms with Gasteiger partial charge in [-0.3, -0.25) is 9.89 Å². The molecule has 0 fully saturated rings. The summed E-state index contributed by atoms with van der Waals surface area (Å²) in [5, 5.41) is 27.9. The van der Waals surface area contributed by atoms with Gasteiger partial charge in [-0.05, 0) is 23.8 Å². The zero-order valence-corrected chi connectivity index (χ0v) is 16.4. The number of aryl methyl sites for hydroxylation is 1. The van der Waals surface area contributed by atoms with E-state index in [-0.39, 0.29) is 23.9 Å². The highest BCUT2D eigenvalue weighted by atomic mass is 32.1. The zero-order chi connectivity index (χ0) is 20.5. The molecule has 0 spiro atoms. The average Bonchev–Trinajstić information content (AvgIpc) is 3.41. The molecule has 0 radical (unpaired) electrons. The molecule has 148 valence electrons. The molecule has 9 nitrogen and oxygen atoms in total. The molecule has 0 aliphatic heterocycles. The van der Waals surface area contributed by atoms with Crippen molar-refractivity contribution in [2.75, 3.05) is 5.73 Å². The number of phenolic OH excluding ortho intramolecular Hbond substituents is 1. The number of H-pyrrole nitrogens is 1. The number of nitrogens with zero attached hydrogens (tertiary/aromatic N) is 3. The Morgan fingerprint density at radius 1 is 1.45 bits per heavy atom. The number of nitrogen functional groups attached to an aromatic ring is 1. The van der Waals surface area contributed by atoms with Crippen molar-refractivity contribution in [2.45, 2.75) is 13.0 Å². The van der Waals surface area contributed by atoms with E-state index in [1.807, 2.05) is 6.07 Å². The van der Waals surface area contributed by atoms with Crippen molar-refractivity contribution in [1.29, 1.82) is 5.41 Å². The maximum atomic E-state index is 12.8. The first-order chi connectivity index (χ1) is 14.0. The second kappa shape index (κ2) is 7.40. The summed E-state index contributed by atoms with van der Waals surface area (Å²) in [6.07, 6.45) is 3.49. The molecule has 10 heteroatoms. The first-order valence-corrected chi connectivity index (χ1v) is 9.62. The molecular formula is C19H19N7O2S. The normalized spacial score (nSPS) is 11.1. The van der Waals surface area contributed by atoms with Crippen LogP contribution >= 0.6 is 11.3 Å². The highest BCUT2D eigenvalue weighted by molar-refractivity contribution is 7.19. The monoisotopic (exact) mass is 409 g/mol. The van der Waals surface area contributed by atoms with Crippen molar-refractivity contribution in [3.8, 4) is 5.75 Å². The van der Waals surface area contributed by atoms with Crippen LogP contribution < -0.4 is 11.1 Å². The number of hydrogen-bond acceptors (Lipinski definition) is 7.